The first-order chi connectivity index (χ1) is 44.4. The number of para-hydroxylation sites is 2. The molecule has 16 rings (SSSR count). The van der Waals surface area contributed by atoms with Crippen molar-refractivity contribution in [3.05, 3.63) is 247 Å². The van der Waals surface area contributed by atoms with Crippen LogP contribution in [-0.4, -0.2) is 14.1 Å². The van der Waals surface area contributed by atoms with Gasteiger partial charge in [0.15, 0.2) is 0 Å². The number of aromatic nitrogens is 4. The van der Waals surface area contributed by atoms with Gasteiger partial charge in [-0.05, 0) is 191 Å². The highest BCUT2D eigenvalue weighted by Crippen LogP contribution is 2.54. The van der Waals surface area contributed by atoms with Crippen molar-refractivity contribution in [3.8, 4) is 84.3 Å². The Labute approximate surface area is 522 Å². The lowest BCUT2D eigenvalue weighted by Crippen LogP contribution is -2.34. The number of hydrogen-bond donors (Lipinski definition) is 0. The van der Waals surface area contributed by atoms with Crippen LogP contribution >= 0.6 is 0 Å². The van der Waals surface area contributed by atoms with Gasteiger partial charge in [-0.15, -0.1) is 0 Å². The molecule has 0 unspecified atom stereocenters. The van der Waals surface area contributed by atoms with E-state index in [0.717, 1.165) is 129 Å². The lowest BCUT2D eigenvalue weighted by atomic mass is 9.62. The molecule has 6 heteroatoms. The highest BCUT2D eigenvalue weighted by atomic mass is 16.5. The molecule has 0 atom stereocenters. The number of hydrogen-bond acceptors (Lipinski definition) is 3. The van der Waals surface area contributed by atoms with E-state index >= 15 is 0 Å². The van der Waals surface area contributed by atoms with Gasteiger partial charge in [0.2, 0.25) is 0 Å². The summed E-state index contributed by atoms with van der Waals surface area (Å²) < 4.78 is 67.0. The summed E-state index contributed by atoms with van der Waals surface area (Å²) in [6.07, 6.45) is 7.92. The van der Waals surface area contributed by atoms with E-state index in [4.69, 9.17) is 15.5 Å². The summed E-state index contributed by atoms with van der Waals surface area (Å²) in [7, 11) is 0. The molecule has 0 radical (unpaired) electrons. The Kier molecular flexibility index (Phi) is 10.6. The minimum Gasteiger partial charge on any atom is -0.458 e. The van der Waals surface area contributed by atoms with Crippen LogP contribution in [0.25, 0.3) is 128 Å². The van der Waals surface area contributed by atoms with Crippen molar-refractivity contribution in [3.63, 3.8) is 0 Å². The Morgan fingerprint density at radius 1 is 0.500 bits per heavy atom. The predicted octanol–water partition coefficient (Wildman–Crippen LogP) is 21.5. The number of imidazole rings is 1. The Balaban J connectivity index is 1.01. The normalized spacial score (nSPS) is 15.1. The Bertz CT molecular complexity index is 5510. The van der Waals surface area contributed by atoms with E-state index in [0.29, 0.717) is 22.7 Å². The minimum absolute atomic E-state index is 0.0869. The van der Waals surface area contributed by atoms with Crippen molar-refractivity contribution >= 4 is 54.8 Å². The summed E-state index contributed by atoms with van der Waals surface area (Å²) in [4.78, 5) is 4.95. The maximum absolute atomic E-state index is 9.83. The minimum atomic E-state index is -0.456. The van der Waals surface area contributed by atoms with E-state index in [1.54, 1.807) is 0 Å². The Morgan fingerprint density at radius 2 is 1.16 bits per heavy atom. The topological polar surface area (TPSA) is 49.0 Å². The average molecular weight is 1150 g/mol. The van der Waals surface area contributed by atoms with Crippen LogP contribution in [0, 0.1) is 6.33 Å². The van der Waals surface area contributed by atoms with E-state index in [1.165, 1.54) is 16.7 Å². The predicted molar refractivity (Wildman–Crippen MR) is 363 cm³/mol. The van der Waals surface area contributed by atoms with Crippen LogP contribution in [0.3, 0.4) is 0 Å². The number of benzene rings is 10. The van der Waals surface area contributed by atoms with Crippen molar-refractivity contribution in [2.45, 2.75) is 104 Å². The fourth-order valence-corrected chi connectivity index (χ4v) is 14.1. The van der Waals surface area contributed by atoms with Crippen LogP contribution in [0.4, 0.5) is 0 Å². The average Bonchev–Trinajstić information content (AvgIpc) is 1.64. The molecular weight excluding hydrogens is 1070 g/mol. The molecule has 2 aliphatic rings. The zero-order valence-corrected chi connectivity index (χ0v) is 51.4. The molecule has 14 aromatic rings. The zero-order valence-electron chi connectivity index (χ0n) is 56.4. The van der Waals surface area contributed by atoms with Gasteiger partial charge < -0.3 is 9.15 Å². The van der Waals surface area contributed by atoms with Crippen molar-refractivity contribution in [1.82, 2.24) is 14.1 Å². The summed E-state index contributed by atoms with van der Waals surface area (Å²) >= 11 is 0. The van der Waals surface area contributed by atoms with Gasteiger partial charge >= 0.3 is 0 Å². The third-order valence-corrected chi connectivity index (χ3v) is 19.0. The lowest BCUT2D eigenvalue weighted by molar-refractivity contribution is -0.570. The maximum atomic E-state index is 9.83. The van der Waals surface area contributed by atoms with E-state index in [1.807, 2.05) is 42.6 Å². The Morgan fingerprint density at radius 3 is 1.92 bits per heavy atom. The summed E-state index contributed by atoms with van der Waals surface area (Å²) in [5, 5.41) is 4.24. The second-order valence-corrected chi connectivity index (χ2v) is 27.7. The standard InChI is InChI=1S/C82H70N4O2/c1-79(2,3)53-35-38-83-76(44-53)86-71-29-18-16-27-60(71)61-33-32-57(46-72(61)86)87-56-24-20-23-55(45-56)84-49-85-77-63(50-21-12-11-13-22-50)42-54(80(4,5)6)43-68(77)65-48-70-69(81(7,8)36-37-82(70,9)10)47-64(65)58-25-14-15-26-59(58)67-40-52(41-73(84)78(67)85)51-31-34-75-66(39-51)62-28-17-19-30-74(62)88-75/h11-35,38-48H,36-37H2,1-10H3/i11D,12D,13D,21D,22D. The smallest absolute Gasteiger partial charge is 0.269 e. The van der Waals surface area contributed by atoms with Gasteiger partial charge in [-0.2, -0.15) is 0 Å². The summed E-state index contributed by atoms with van der Waals surface area (Å²) in [5.41, 5.74) is 18.9. The van der Waals surface area contributed by atoms with Crippen LogP contribution in [-0.2, 0) is 21.7 Å². The zero-order chi connectivity index (χ0) is 64.5. The van der Waals surface area contributed by atoms with Gasteiger partial charge in [0.05, 0.1) is 40.3 Å². The third kappa shape index (κ3) is 8.58. The molecular formula is C82H70N4O2. The quantitative estimate of drug-likeness (QED) is 0.123. The molecule has 5 heterocycles. The van der Waals surface area contributed by atoms with Crippen LogP contribution in [0.5, 0.6) is 11.5 Å². The molecule has 4 aromatic heterocycles. The number of pyridine rings is 1. The highest BCUT2D eigenvalue weighted by Gasteiger charge is 2.39. The van der Waals surface area contributed by atoms with Gasteiger partial charge in [-0.3, -0.25) is 13.7 Å². The van der Waals surface area contributed by atoms with Crippen molar-refractivity contribution < 1.29 is 20.6 Å². The Hall–Kier alpha value is -9.78. The van der Waals surface area contributed by atoms with Gasteiger partial charge in [0.25, 0.3) is 6.33 Å². The first-order valence-corrected chi connectivity index (χ1v) is 30.7. The molecule has 0 amide bonds. The second-order valence-electron chi connectivity index (χ2n) is 27.7. The molecule has 10 aromatic carbocycles. The van der Waals surface area contributed by atoms with Crippen molar-refractivity contribution in [2.75, 3.05) is 0 Å². The molecule has 0 N–H and O–H groups in total. The highest BCUT2D eigenvalue weighted by molar-refractivity contribution is 6.10. The molecule has 0 fully saturated rings. The molecule has 6 nitrogen and oxygen atoms in total. The summed E-state index contributed by atoms with van der Waals surface area (Å²) in [5.74, 6) is 2.08. The second kappa shape index (κ2) is 19.4. The molecule has 1 aliphatic carbocycles. The first-order valence-electron chi connectivity index (χ1n) is 33.2. The number of nitrogens with zero attached hydrogens (tertiary/aromatic N) is 4. The van der Waals surface area contributed by atoms with E-state index in [9.17, 15) is 5.48 Å². The molecule has 1 aliphatic heterocycles. The summed E-state index contributed by atoms with van der Waals surface area (Å²) in [6.45, 7) is 22.6. The molecule has 0 saturated heterocycles. The molecule has 0 saturated carbocycles. The fourth-order valence-electron chi connectivity index (χ4n) is 14.1. The number of fused-ring (bicyclic) bond motifs is 14. The molecule has 430 valence electrons. The van der Waals surface area contributed by atoms with E-state index < -0.39 is 23.5 Å². The van der Waals surface area contributed by atoms with Crippen molar-refractivity contribution in [2.24, 2.45) is 0 Å². The first kappa shape index (κ1) is 48.3. The number of furan rings is 1. The maximum Gasteiger partial charge on any atom is 0.269 e. The van der Waals surface area contributed by atoms with Crippen molar-refractivity contribution in [1.29, 1.82) is 0 Å². The van der Waals surface area contributed by atoms with Crippen LogP contribution in [0.2, 0.25) is 0 Å². The van der Waals surface area contributed by atoms with Gasteiger partial charge in [-0.1, -0.05) is 197 Å². The van der Waals surface area contributed by atoms with E-state index in [2.05, 4.69) is 235 Å². The molecule has 88 heavy (non-hydrogen) atoms. The van der Waals surface area contributed by atoms with Crippen LogP contribution in [0.15, 0.2) is 223 Å². The van der Waals surface area contributed by atoms with Gasteiger partial charge in [0.1, 0.15) is 28.5 Å². The third-order valence-electron chi connectivity index (χ3n) is 19.0. The monoisotopic (exact) mass is 1150 g/mol. The molecule has 0 bridgehead atoms. The van der Waals surface area contributed by atoms with Gasteiger partial charge in [-0.25, -0.2) is 4.98 Å². The van der Waals surface area contributed by atoms with Crippen LogP contribution < -0.4 is 9.30 Å². The van der Waals surface area contributed by atoms with E-state index in [-0.39, 0.29) is 33.9 Å². The number of ether oxygens (including phenoxy) is 1. The number of rotatable bonds is 6. The largest absolute Gasteiger partial charge is 0.458 e. The fraction of sp³-hybridized carbons (Fsp3) is 0.195. The lowest BCUT2D eigenvalue weighted by Gasteiger charge is -2.42. The van der Waals surface area contributed by atoms with Gasteiger partial charge in [0, 0.05) is 33.8 Å². The summed E-state index contributed by atoms with van der Waals surface area (Å²) in [6, 6.07) is 62.4. The SMILES string of the molecule is [2H]c1c([2H])c([2H])c(-c2cc(C(C)(C)C)cc3c2-[n+]2[c-]n(-c4cccc(Oc5ccc6c7ccccc7n(-c7cc(C(C)(C)C)ccn7)c6c5)c4)c4cc(-c5ccc6oc7ccccc7c6c5)cc(c42)-c2ccccc2-c2cc4c(cc2-3)C(C)(C)CCC4(C)C)c([2H])c1[2H]. The molecule has 0 spiro atoms. The van der Waals surface area contributed by atoms with Crippen LogP contribution in [0.1, 0.15) is 111 Å².